The van der Waals surface area contributed by atoms with Gasteiger partial charge in [-0.1, -0.05) is 12.1 Å². The first kappa shape index (κ1) is 19.5. The lowest BCUT2D eigenvalue weighted by Crippen LogP contribution is -2.31. The van der Waals surface area contributed by atoms with Crippen LogP contribution < -0.4 is 9.80 Å². The summed E-state index contributed by atoms with van der Waals surface area (Å²) in [7, 11) is 2.02. The normalized spacial score (nSPS) is 10.5. The second-order valence-electron chi connectivity index (χ2n) is 6.85. The van der Waals surface area contributed by atoms with Crippen molar-refractivity contribution in [1.29, 1.82) is 0 Å². The maximum absolute atomic E-state index is 13.1. The lowest BCUT2D eigenvalue weighted by molar-refractivity contribution is 0.0988. The molecule has 0 fully saturated rings. The molecule has 0 aliphatic carbocycles. The van der Waals surface area contributed by atoms with Crippen LogP contribution in [0.25, 0.3) is 0 Å². The second-order valence-corrected chi connectivity index (χ2v) is 6.85. The average molecular weight is 374 g/mol. The van der Waals surface area contributed by atoms with Gasteiger partial charge in [-0.15, -0.1) is 0 Å². The van der Waals surface area contributed by atoms with Gasteiger partial charge in [0.05, 0.1) is 17.4 Å². The third kappa shape index (κ3) is 4.74. The molecule has 1 amide bonds. The summed E-state index contributed by atoms with van der Waals surface area (Å²) in [6.45, 7) is 5.45. The van der Waals surface area contributed by atoms with Crippen LogP contribution in [0.4, 0.5) is 11.4 Å². The van der Waals surface area contributed by atoms with Gasteiger partial charge in [-0.3, -0.25) is 14.8 Å². The molecule has 0 saturated carbocycles. The van der Waals surface area contributed by atoms with Crippen molar-refractivity contribution in [2.24, 2.45) is 0 Å². The fourth-order valence-corrected chi connectivity index (χ4v) is 3.12. The quantitative estimate of drug-likeness (QED) is 0.624. The van der Waals surface area contributed by atoms with E-state index in [4.69, 9.17) is 0 Å². The molecule has 144 valence electrons. The molecule has 0 atom stereocenters. The molecule has 3 rings (SSSR count). The number of hydrogen-bond donors (Lipinski definition) is 0. The minimum Gasteiger partial charge on any atom is -0.373 e. The number of anilines is 2. The maximum atomic E-state index is 13.1. The van der Waals surface area contributed by atoms with Gasteiger partial charge in [-0.25, -0.2) is 0 Å². The van der Waals surface area contributed by atoms with Crippen LogP contribution in [0.15, 0.2) is 67.3 Å². The molecule has 0 bridgehead atoms. The van der Waals surface area contributed by atoms with Crippen LogP contribution >= 0.6 is 0 Å². The van der Waals surface area contributed by atoms with Gasteiger partial charge in [0.25, 0.3) is 5.91 Å². The maximum Gasteiger partial charge on any atom is 0.259 e. The molecule has 3 aromatic rings. The average Bonchev–Trinajstić information content (AvgIpc) is 2.73. The first-order chi connectivity index (χ1) is 13.6. The van der Waals surface area contributed by atoms with Gasteiger partial charge in [0.15, 0.2) is 0 Å². The van der Waals surface area contributed by atoms with E-state index >= 15 is 0 Å². The van der Waals surface area contributed by atoms with Crippen LogP contribution in [0.1, 0.15) is 28.4 Å². The number of hydrogen-bond acceptors (Lipinski definition) is 4. The van der Waals surface area contributed by atoms with Gasteiger partial charge in [0.1, 0.15) is 0 Å². The third-order valence-corrected chi connectivity index (χ3v) is 4.77. The molecule has 0 spiro atoms. The molecule has 0 saturated heterocycles. The van der Waals surface area contributed by atoms with Crippen LogP contribution in [0.5, 0.6) is 0 Å². The van der Waals surface area contributed by atoms with E-state index in [2.05, 4.69) is 14.9 Å². The van der Waals surface area contributed by atoms with Crippen molar-refractivity contribution in [3.05, 3.63) is 83.9 Å². The highest BCUT2D eigenvalue weighted by Crippen LogP contribution is 2.20. The van der Waals surface area contributed by atoms with Gasteiger partial charge in [-0.05, 0) is 61.7 Å². The standard InChI is InChI=1S/C23H26N4O/c1-4-27(21-7-5-6-18(2)14-21)23(28)20-15-22(17-25-16-20)26(3)13-10-19-8-11-24-12-9-19/h5-9,11-12,14-17H,4,10,13H2,1-3H3. The Balaban J connectivity index is 1.75. The minimum atomic E-state index is -0.0371. The number of aryl methyl sites for hydroxylation is 1. The molecule has 0 aliphatic rings. The van der Waals surface area contributed by atoms with Gasteiger partial charge in [-0.2, -0.15) is 0 Å². The number of pyridine rings is 2. The Morgan fingerprint density at radius 3 is 2.50 bits per heavy atom. The van der Waals surface area contributed by atoms with E-state index in [1.807, 2.05) is 63.4 Å². The summed E-state index contributed by atoms with van der Waals surface area (Å²) in [4.78, 5) is 25.4. The summed E-state index contributed by atoms with van der Waals surface area (Å²) in [5, 5.41) is 0. The first-order valence-corrected chi connectivity index (χ1v) is 9.52. The van der Waals surface area contributed by atoms with Gasteiger partial charge < -0.3 is 9.80 Å². The predicted molar refractivity (Wildman–Crippen MR) is 114 cm³/mol. The van der Waals surface area contributed by atoms with Crippen LogP contribution in [0.2, 0.25) is 0 Å². The van der Waals surface area contributed by atoms with Crippen molar-refractivity contribution < 1.29 is 4.79 Å². The number of rotatable bonds is 7. The summed E-state index contributed by atoms with van der Waals surface area (Å²) in [5.74, 6) is -0.0371. The van der Waals surface area contributed by atoms with Crippen molar-refractivity contribution in [3.8, 4) is 0 Å². The Hall–Kier alpha value is -3.21. The Bertz CT molecular complexity index is 927. The fraction of sp³-hybridized carbons (Fsp3) is 0.261. The number of benzene rings is 1. The summed E-state index contributed by atoms with van der Waals surface area (Å²) in [6, 6.07) is 14.0. The van der Waals surface area contributed by atoms with Crippen molar-refractivity contribution >= 4 is 17.3 Å². The largest absolute Gasteiger partial charge is 0.373 e. The van der Waals surface area contributed by atoms with E-state index in [1.165, 1.54) is 5.56 Å². The first-order valence-electron chi connectivity index (χ1n) is 9.52. The SMILES string of the molecule is CCN(C(=O)c1cncc(N(C)CCc2ccncc2)c1)c1cccc(C)c1. The van der Waals surface area contributed by atoms with Crippen molar-refractivity contribution in [2.45, 2.75) is 20.3 Å². The molecule has 28 heavy (non-hydrogen) atoms. The highest BCUT2D eigenvalue weighted by Gasteiger charge is 2.17. The van der Waals surface area contributed by atoms with E-state index < -0.39 is 0 Å². The van der Waals surface area contributed by atoms with Gasteiger partial charge in [0, 0.05) is 44.4 Å². The number of amides is 1. The van der Waals surface area contributed by atoms with Crippen LogP contribution in [0, 0.1) is 6.92 Å². The molecule has 5 nitrogen and oxygen atoms in total. The van der Waals surface area contributed by atoms with Crippen molar-refractivity contribution in [1.82, 2.24) is 9.97 Å². The van der Waals surface area contributed by atoms with E-state index in [0.29, 0.717) is 12.1 Å². The third-order valence-electron chi connectivity index (χ3n) is 4.77. The zero-order valence-corrected chi connectivity index (χ0v) is 16.7. The molecule has 1 aromatic carbocycles. The van der Waals surface area contributed by atoms with Gasteiger partial charge >= 0.3 is 0 Å². The molecule has 2 heterocycles. The van der Waals surface area contributed by atoms with Crippen molar-refractivity contribution in [2.75, 3.05) is 29.9 Å². The number of carbonyl (C=O) groups is 1. The number of aromatic nitrogens is 2. The number of nitrogens with zero attached hydrogens (tertiary/aromatic N) is 4. The number of carbonyl (C=O) groups excluding carboxylic acids is 1. The zero-order chi connectivity index (χ0) is 19.9. The highest BCUT2D eigenvalue weighted by molar-refractivity contribution is 6.06. The van der Waals surface area contributed by atoms with Crippen molar-refractivity contribution in [3.63, 3.8) is 0 Å². The molecule has 2 aromatic heterocycles. The molecular formula is C23H26N4O. The summed E-state index contributed by atoms with van der Waals surface area (Å²) >= 11 is 0. The van der Waals surface area contributed by atoms with E-state index in [0.717, 1.165) is 29.9 Å². The van der Waals surface area contributed by atoms with E-state index in [-0.39, 0.29) is 5.91 Å². The molecule has 5 heteroatoms. The second kappa shape index (κ2) is 9.13. The topological polar surface area (TPSA) is 49.3 Å². The molecular weight excluding hydrogens is 348 g/mol. The molecule has 0 N–H and O–H groups in total. The lowest BCUT2D eigenvalue weighted by Gasteiger charge is -2.23. The summed E-state index contributed by atoms with van der Waals surface area (Å²) < 4.78 is 0. The van der Waals surface area contributed by atoms with Crippen LogP contribution in [-0.2, 0) is 6.42 Å². The Morgan fingerprint density at radius 2 is 1.79 bits per heavy atom. The Kier molecular flexibility index (Phi) is 6.37. The van der Waals surface area contributed by atoms with E-state index in [9.17, 15) is 4.79 Å². The molecule has 0 aliphatic heterocycles. The fourth-order valence-electron chi connectivity index (χ4n) is 3.12. The van der Waals surface area contributed by atoms with Crippen LogP contribution in [0.3, 0.4) is 0 Å². The summed E-state index contributed by atoms with van der Waals surface area (Å²) in [5.41, 5.74) is 4.80. The van der Waals surface area contributed by atoms with Crippen LogP contribution in [-0.4, -0.2) is 36.0 Å². The number of likely N-dealkylation sites (N-methyl/N-ethyl adjacent to an activating group) is 1. The minimum absolute atomic E-state index is 0.0371. The molecule has 0 radical (unpaired) electrons. The molecule has 0 unspecified atom stereocenters. The monoisotopic (exact) mass is 374 g/mol. The Morgan fingerprint density at radius 1 is 1.00 bits per heavy atom. The lowest BCUT2D eigenvalue weighted by atomic mass is 10.1. The smallest absolute Gasteiger partial charge is 0.259 e. The predicted octanol–water partition coefficient (Wildman–Crippen LogP) is 4.13. The Labute approximate surface area is 166 Å². The highest BCUT2D eigenvalue weighted by atomic mass is 16.2. The van der Waals surface area contributed by atoms with E-state index in [1.54, 1.807) is 29.7 Å². The zero-order valence-electron chi connectivity index (χ0n) is 16.7. The summed E-state index contributed by atoms with van der Waals surface area (Å²) in [6.07, 6.45) is 7.95. The van der Waals surface area contributed by atoms with Gasteiger partial charge in [0.2, 0.25) is 0 Å².